The largest absolute Gasteiger partial charge is 0.0891 e. The van der Waals surface area contributed by atoms with Crippen molar-refractivity contribution in [1.29, 1.82) is 0 Å². The van der Waals surface area contributed by atoms with E-state index < -0.39 is 0 Å². The number of alkyl halides is 1. The highest BCUT2D eigenvalue weighted by atomic mass is 79.9. The van der Waals surface area contributed by atoms with Gasteiger partial charge in [0.2, 0.25) is 0 Å². The zero-order valence-electron chi connectivity index (χ0n) is 13.4. The molecule has 0 radical (unpaired) electrons. The second-order valence-corrected chi connectivity index (χ2v) is 7.81. The van der Waals surface area contributed by atoms with E-state index in [4.69, 9.17) is 0 Å². The van der Waals surface area contributed by atoms with E-state index in [-0.39, 0.29) is 0 Å². The molecule has 1 aliphatic rings. The van der Waals surface area contributed by atoms with Gasteiger partial charge in [-0.05, 0) is 60.3 Å². The standard InChI is InChI=1S/C21H25Br/c1-2-3-16-4-6-17(7-5-16)18-8-10-19(11-9-18)20-12-14-21(22)15-13-20/h4-11,20-21H,2-3,12-15H2,1H3. The summed E-state index contributed by atoms with van der Waals surface area (Å²) in [5, 5.41) is 0. The predicted molar refractivity (Wildman–Crippen MR) is 99.8 cm³/mol. The molecule has 0 heterocycles. The van der Waals surface area contributed by atoms with Crippen LogP contribution in [-0.2, 0) is 6.42 Å². The second-order valence-electron chi connectivity index (χ2n) is 6.52. The molecule has 2 aromatic carbocycles. The molecule has 0 saturated heterocycles. The van der Waals surface area contributed by atoms with Gasteiger partial charge in [-0.25, -0.2) is 0 Å². The summed E-state index contributed by atoms with van der Waals surface area (Å²) in [5.41, 5.74) is 5.62. The molecule has 0 atom stereocenters. The summed E-state index contributed by atoms with van der Waals surface area (Å²) < 4.78 is 0. The number of halogens is 1. The molecule has 3 rings (SSSR count). The Bertz CT molecular complexity index is 574. The Hall–Kier alpha value is -1.08. The SMILES string of the molecule is CCCc1ccc(-c2ccc(C3CCC(Br)CC3)cc2)cc1. The van der Waals surface area contributed by atoms with E-state index in [1.165, 1.54) is 60.8 Å². The Morgan fingerprint density at radius 1 is 0.818 bits per heavy atom. The number of benzene rings is 2. The summed E-state index contributed by atoms with van der Waals surface area (Å²) in [6.07, 6.45) is 7.65. The molecule has 0 amide bonds. The topological polar surface area (TPSA) is 0 Å². The lowest BCUT2D eigenvalue weighted by Gasteiger charge is -2.25. The number of rotatable bonds is 4. The van der Waals surface area contributed by atoms with Gasteiger partial charge in [-0.3, -0.25) is 0 Å². The monoisotopic (exact) mass is 356 g/mol. The molecular weight excluding hydrogens is 332 g/mol. The summed E-state index contributed by atoms with van der Waals surface area (Å²) in [6.45, 7) is 2.23. The molecule has 0 nitrogen and oxygen atoms in total. The van der Waals surface area contributed by atoms with Crippen LogP contribution in [0, 0.1) is 0 Å². The van der Waals surface area contributed by atoms with Crippen molar-refractivity contribution in [3.05, 3.63) is 59.7 Å². The fourth-order valence-electron chi connectivity index (χ4n) is 3.49. The van der Waals surface area contributed by atoms with Gasteiger partial charge in [0.05, 0.1) is 0 Å². The van der Waals surface area contributed by atoms with Crippen molar-refractivity contribution in [1.82, 2.24) is 0 Å². The van der Waals surface area contributed by atoms with Gasteiger partial charge < -0.3 is 0 Å². The van der Waals surface area contributed by atoms with Crippen molar-refractivity contribution >= 4 is 15.9 Å². The van der Waals surface area contributed by atoms with E-state index >= 15 is 0 Å². The van der Waals surface area contributed by atoms with Gasteiger partial charge in [0.25, 0.3) is 0 Å². The quantitative estimate of drug-likeness (QED) is 0.532. The molecular formula is C21H25Br. The van der Waals surface area contributed by atoms with E-state index in [1.54, 1.807) is 0 Å². The van der Waals surface area contributed by atoms with Crippen LogP contribution in [0.25, 0.3) is 11.1 Å². The minimum atomic E-state index is 0.740. The third-order valence-electron chi connectivity index (χ3n) is 4.86. The van der Waals surface area contributed by atoms with Crippen LogP contribution in [0.1, 0.15) is 56.1 Å². The van der Waals surface area contributed by atoms with Crippen LogP contribution in [0.2, 0.25) is 0 Å². The van der Waals surface area contributed by atoms with Crippen LogP contribution in [0.4, 0.5) is 0 Å². The van der Waals surface area contributed by atoms with E-state index in [2.05, 4.69) is 71.4 Å². The average Bonchev–Trinajstić information content (AvgIpc) is 2.57. The molecule has 1 fully saturated rings. The molecule has 2 aromatic rings. The van der Waals surface area contributed by atoms with Gasteiger partial charge in [-0.2, -0.15) is 0 Å². The molecule has 1 saturated carbocycles. The van der Waals surface area contributed by atoms with E-state index in [9.17, 15) is 0 Å². The maximum absolute atomic E-state index is 3.75. The molecule has 0 spiro atoms. The smallest absolute Gasteiger partial charge is 0.0146 e. The Balaban J connectivity index is 1.70. The zero-order valence-corrected chi connectivity index (χ0v) is 15.0. The fourth-order valence-corrected chi connectivity index (χ4v) is 4.02. The summed E-state index contributed by atoms with van der Waals surface area (Å²) in [6, 6.07) is 18.3. The van der Waals surface area contributed by atoms with Crippen LogP contribution in [0.15, 0.2) is 48.5 Å². The van der Waals surface area contributed by atoms with E-state index in [1.807, 2.05) is 0 Å². The van der Waals surface area contributed by atoms with Crippen molar-refractivity contribution in [2.45, 2.75) is 56.2 Å². The summed E-state index contributed by atoms with van der Waals surface area (Å²) in [7, 11) is 0. The first-order valence-corrected chi connectivity index (χ1v) is 9.51. The number of aryl methyl sites for hydroxylation is 1. The van der Waals surface area contributed by atoms with Crippen molar-refractivity contribution in [3.8, 4) is 11.1 Å². The zero-order chi connectivity index (χ0) is 15.4. The van der Waals surface area contributed by atoms with Crippen LogP contribution in [0.5, 0.6) is 0 Å². The molecule has 22 heavy (non-hydrogen) atoms. The highest BCUT2D eigenvalue weighted by Gasteiger charge is 2.20. The molecule has 116 valence electrons. The van der Waals surface area contributed by atoms with Crippen LogP contribution in [0.3, 0.4) is 0 Å². The van der Waals surface area contributed by atoms with Gasteiger partial charge >= 0.3 is 0 Å². The van der Waals surface area contributed by atoms with E-state index in [0.29, 0.717) is 0 Å². The predicted octanol–water partition coefficient (Wildman–Crippen LogP) is 6.73. The van der Waals surface area contributed by atoms with Gasteiger partial charge in [0, 0.05) is 4.83 Å². The molecule has 1 heteroatoms. The van der Waals surface area contributed by atoms with Gasteiger partial charge in [-0.15, -0.1) is 0 Å². The molecule has 0 N–H and O–H groups in total. The molecule has 0 aliphatic heterocycles. The highest BCUT2D eigenvalue weighted by Crippen LogP contribution is 2.36. The lowest BCUT2D eigenvalue weighted by molar-refractivity contribution is 0.457. The fraction of sp³-hybridized carbons (Fsp3) is 0.429. The van der Waals surface area contributed by atoms with Crippen molar-refractivity contribution < 1.29 is 0 Å². The minimum absolute atomic E-state index is 0.740. The van der Waals surface area contributed by atoms with Crippen LogP contribution >= 0.6 is 15.9 Å². The Morgan fingerprint density at radius 2 is 1.36 bits per heavy atom. The summed E-state index contributed by atoms with van der Waals surface area (Å²) in [4.78, 5) is 0.740. The van der Waals surface area contributed by atoms with Crippen LogP contribution < -0.4 is 0 Å². The second kappa shape index (κ2) is 7.46. The number of hydrogen-bond donors (Lipinski definition) is 0. The number of hydrogen-bond acceptors (Lipinski definition) is 0. The van der Waals surface area contributed by atoms with Crippen molar-refractivity contribution in [2.24, 2.45) is 0 Å². The molecule has 1 aliphatic carbocycles. The molecule has 0 unspecified atom stereocenters. The average molecular weight is 357 g/mol. The Labute approximate surface area is 143 Å². The Kier molecular flexibility index (Phi) is 5.36. The first kappa shape index (κ1) is 15.8. The maximum atomic E-state index is 3.75. The van der Waals surface area contributed by atoms with Gasteiger partial charge in [0.1, 0.15) is 0 Å². The molecule has 0 bridgehead atoms. The lowest BCUT2D eigenvalue weighted by Crippen LogP contribution is -2.12. The third kappa shape index (κ3) is 3.81. The van der Waals surface area contributed by atoms with E-state index in [0.717, 1.165) is 10.7 Å². The highest BCUT2D eigenvalue weighted by molar-refractivity contribution is 9.09. The van der Waals surface area contributed by atoms with Crippen molar-refractivity contribution in [3.63, 3.8) is 0 Å². The summed E-state index contributed by atoms with van der Waals surface area (Å²) in [5.74, 6) is 0.759. The maximum Gasteiger partial charge on any atom is 0.0146 e. The van der Waals surface area contributed by atoms with Crippen molar-refractivity contribution in [2.75, 3.05) is 0 Å². The van der Waals surface area contributed by atoms with Gasteiger partial charge in [-0.1, -0.05) is 77.8 Å². The van der Waals surface area contributed by atoms with Gasteiger partial charge in [0.15, 0.2) is 0 Å². The van der Waals surface area contributed by atoms with Crippen LogP contribution in [-0.4, -0.2) is 4.83 Å². The first-order valence-electron chi connectivity index (χ1n) is 8.59. The third-order valence-corrected chi connectivity index (χ3v) is 5.78. The Morgan fingerprint density at radius 3 is 1.91 bits per heavy atom. The lowest BCUT2D eigenvalue weighted by atomic mass is 9.83. The minimum Gasteiger partial charge on any atom is -0.0891 e. The normalized spacial score (nSPS) is 21.7. The molecule has 0 aromatic heterocycles. The summed E-state index contributed by atoms with van der Waals surface area (Å²) >= 11 is 3.75. The first-order chi connectivity index (χ1) is 10.8.